The van der Waals surface area contributed by atoms with Crippen LogP contribution in [0.15, 0.2) is 74.9 Å². The Morgan fingerprint density at radius 1 is 0.520 bits per heavy atom. The number of likely N-dealkylation sites (tertiary alicyclic amines) is 3. The molecule has 9 aliphatic rings. The van der Waals surface area contributed by atoms with Crippen molar-refractivity contribution in [2.24, 2.45) is 0 Å². The van der Waals surface area contributed by atoms with E-state index in [0.717, 1.165) is 113 Å². The molecule has 9 heterocycles. The summed E-state index contributed by atoms with van der Waals surface area (Å²) in [7, 11) is 5.70. The molecule has 40 heteroatoms. The number of aliphatic carboxylic acids is 1. The van der Waals surface area contributed by atoms with Gasteiger partial charge in [0.2, 0.25) is 0 Å². The number of nitrogens with zero attached hydrogens (tertiary/aromatic N) is 5. The van der Waals surface area contributed by atoms with Gasteiger partial charge in [-0.25, -0.2) is 33.6 Å². The van der Waals surface area contributed by atoms with Crippen molar-refractivity contribution >= 4 is 65.5 Å². The Kier molecular flexibility index (Phi) is 52.1. The lowest BCUT2D eigenvalue weighted by Gasteiger charge is -2.29. The summed E-state index contributed by atoms with van der Waals surface area (Å²) < 4.78 is 80.6. The number of hydrogen-bond donors (Lipinski definition) is 8. The molecular formula is C83H134N6O34. The first-order chi connectivity index (χ1) is 58.6. The molecule has 8 N–H and O–H groups in total. The summed E-state index contributed by atoms with van der Waals surface area (Å²) in [5.41, 5.74) is -0.459. The molecule has 0 aromatic rings. The first kappa shape index (κ1) is 109. The molecule has 0 aromatic carbocycles. The Morgan fingerprint density at radius 3 is 1.37 bits per heavy atom. The number of carbonyl (C=O) groups excluding carboxylic acids is 10. The molecule has 0 radical (unpaired) electrons. The lowest BCUT2D eigenvalue weighted by molar-refractivity contribution is -0.170. The molecule has 0 unspecified atom stereocenters. The number of carboxylic acid groups (broad SMARTS) is 1. The molecule has 9 rings (SSSR count). The van der Waals surface area contributed by atoms with Gasteiger partial charge in [0.05, 0.1) is 158 Å². The van der Waals surface area contributed by atoms with Crippen LogP contribution in [-0.2, 0) is 124 Å². The normalized spacial score (nSPS) is 25.5. The minimum atomic E-state index is -1.87. The van der Waals surface area contributed by atoms with Crippen LogP contribution in [0.1, 0.15) is 112 Å². The van der Waals surface area contributed by atoms with Crippen molar-refractivity contribution in [2.45, 2.75) is 220 Å². The molecule has 40 nitrogen and oxygen atoms in total. The van der Waals surface area contributed by atoms with Crippen LogP contribution in [0.5, 0.6) is 0 Å². The lowest BCUT2D eigenvalue weighted by atomic mass is 10.1. The smallest absolute Gasteiger partial charge is 0.410 e. The number of ether oxygens (including phenoxy) is 16. The molecule has 700 valence electrons. The minimum Gasteiger partial charge on any atom is -0.479 e. The zero-order valence-electron chi connectivity index (χ0n) is 72.7. The highest BCUT2D eigenvalue weighted by Crippen LogP contribution is 2.30. The van der Waals surface area contributed by atoms with Gasteiger partial charge in [0.25, 0.3) is 23.6 Å². The molecule has 16 atom stereocenters. The van der Waals surface area contributed by atoms with Crippen molar-refractivity contribution in [1.29, 1.82) is 0 Å². The van der Waals surface area contributed by atoms with E-state index in [4.69, 9.17) is 62.3 Å². The van der Waals surface area contributed by atoms with Gasteiger partial charge in [0, 0.05) is 38.8 Å². The zero-order valence-corrected chi connectivity index (χ0v) is 72.7. The first-order valence-corrected chi connectivity index (χ1v) is 41.0. The predicted octanol–water partition coefficient (Wildman–Crippen LogP) is 0.409. The summed E-state index contributed by atoms with van der Waals surface area (Å²) in [6, 6.07) is 0.189. The van der Waals surface area contributed by atoms with E-state index >= 15 is 0 Å². The van der Waals surface area contributed by atoms with Gasteiger partial charge >= 0.3 is 41.9 Å². The third-order valence-corrected chi connectivity index (χ3v) is 19.9. The van der Waals surface area contributed by atoms with E-state index in [2.05, 4.69) is 55.3 Å². The third kappa shape index (κ3) is 37.4. The Morgan fingerprint density at radius 2 is 0.943 bits per heavy atom. The maximum absolute atomic E-state index is 12.7. The van der Waals surface area contributed by atoms with E-state index in [1.165, 1.54) is 37.7 Å². The van der Waals surface area contributed by atoms with Gasteiger partial charge in [0.15, 0.2) is 66.8 Å². The third-order valence-electron chi connectivity index (χ3n) is 19.9. The van der Waals surface area contributed by atoms with E-state index in [1.54, 1.807) is 62.1 Å². The molecule has 0 saturated carbocycles. The number of fused-ring (bicyclic) bond motifs is 2. The quantitative estimate of drug-likeness (QED) is 0.0228. The standard InChI is InChI=1S/C16H25NO6.2C14H21NO6.C13H21NO6.C10H19NO3.C8H15NO.C8H12O6/c1-4-9-22-11-12-7-6-8-17(12)15(19)14(23-10-5-2)13(18)16(20)21-3;2*1-19-14(18)11(16)12-13(17)15-6-4-5-10(15)9-20-7-2-3-8-21-12;1-3-7-20-8-9-5-4-6-14(9)12(17)10(15)11(16)13(18)19-2;1-10(2,3)14-9(13)11-6-4-5-8(11)7-12;1-2-6-10-7-8-4-3-5-9-8;1-8(2)13-4(6(9)10)5(14-8)7(11)12-3/h4-5,12-14,18H,1-2,6-11H2,3H3;2*2-3,10-12,16H,4-9H2,1H3;3,9-11,15-16H,1,4-8H2,2H3;8,12H,4-7H2,1-3H3;2,8-9H,1,3-7H2;4-5H,1-3H3,(H,9,10)/b;2*3-2-;;;;/t12-,13-,14-;2*10-,11-,12-;9-,10-,11-;2*8-;4-,5-/m1111111/s1. The largest absolute Gasteiger partial charge is 0.479 e. The van der Waals surface area contributed by atoms with Crippen LogP contribution in [0, 0.1) is 0 Å². The lowest BCUT2D eigenvalue weighted by Crippen LogP contribution is -2.51. The van der Waals surface area contributed by atoms with Gasteiger partial charge in [-0.3, -0.25) is 19.2 Å². The second kappa shape index (κ2) is 58.8. The number of hydrogen-bond acceptors (Lipinski definition) is 34. The fourth-order valence-electron chi connectivity index (χ4n) is 13.8. The van der Waals surface area contributed by atoms with Crippen LogP contribution in [0.25, 0.3) is 0 Å². The van der Waals surface area contributed by atoms with Crippen LogP contribution in [-0.4, -0.2) is 402 Å². The van der Waals surface area contributed by atoms with Gasteiger partial charge in [0.1, 0.15) is 5.60 Å². The molecule has 0 aliphatic carbocycles. The van der Waals surface area contributed by atoms with Crippen molar-refractivity contribution in [3.8, 4) is 0 Å². The molecule has 123 heavy (non-hydrogen) atoms. The molecule has 0 aromatic heterocycles. The fraction of sp³-hybridized carbons (Fsp3) is 0.723. The predicted molar refractivity (Wildman–Crippen MR) is 437 cm³/mol. The highest BCUT2D eigenvalue weighted by molar-refractivity contribution is 5.91. The number of rotatable bonds is 28. The van der Waals surface area contributed by atoms with Gasteiger partial charge in [-0.05, 0) is 118 Å². The van der Waals surface area contributed by atoms with Gasteiger partial charge in [-0.15, -0.1) is 26.3 Å². The van der Waals surface area contributed by atoms with E-state index < -0.39 is 132 Å². The van der Waals surface area contributed by atoms with Crippen molar-refractivity contribution in [3.05, 3.63) is 74.9 Å². The highest BCUT2D eigenvalue weighted by atomic mass is 16.8. The Balaban J connectivity index is 0.000000375. The maximum atomic E-state index is 12.7. The number of methoxy groups -OCH3 is 5. The van der Waals surface area contributed by atoms with Crippen molar-refractivity contribution < 1.29 is 164 Å². The van der Waals surface area contributed by atoms with Crippen molar-refractivity contribution in [1.82, 2.24) is 29.8 Å². The number of amides is 5. The number of nitrogens with one attached hydrogen (secondary N) is 1. The number of aliphatic hydroxyl groups is 6. The Bertz CT molecular complexity index is 3260. The summed E-state index contributed by atoms with van der Waals surface area (Å²) in [4.78, 5) is 137. The van der Waals surface area contributed by atoms with Crippen molar-refractivity contribution in [2.75, 3.05) is 167 Å². The Hall–Kier alpha value is -8.27. The molecule has 9 aliphatic heterocycles. The second-order valence-corrected chi connectivity index (χ2v) is 30.5. The summed E-state index contributed by atoms with van der Waals surface area (Å²) in [5, 5.41) is 70.3. The van der Waals surface area contributed by atoms with Crippen molar-refractivity contribution in [3.63, 3.8) is 0 Å². The first-order valence-electron chi connectivity index (χ1n) is 41.0. The fourth-order valence-corrected chi connectivity index (χ4v) is 13.8. The topological polar surface area (TPSA) is 505 Å². The van der Waals surface area contributed by atoms with Crippen LogP contribution in [0.4, 0.5) is 4.79 Å². The number of aliphatic hydroxyl groups excluding tert-OH is 6. The summed E-state index contributed by atoms with van der Waals surface area (Å²) >= 11 is 0. The minimum absolute atomic E-state index is 0.0270. The number of carbonyl (C=O) groups is 11. The van der Waals surface area contributed by atoms with Gasteiger partial charge < -0.3 is 141 Å². The van der Waals surface area contributed by atoms with Gasteiger partial charge in [-0.1, -0.05) is 48.6 Å². The van der Waals surface area contributed by atoms with Crippen LogP contribution in [0.3, 0.4) is 0 Å². The van der Waals surface area contributed by atoms with Crippen LogP contribution < -0.4 is 5.32 Å². The van der Waals surface area contributed by atoms with E-state index in [-0.39, 0.29) is 62.7 Å². The summed E-state index contributed by atoms with van der Waals surface area (Å²) in [6.45, 7) is 31.9. The summed E-state index contributed by atoms with van der Waals surface area (Å²) in [5.74, 6) is -8.70. The SMILES string of the molecule is C=CCOC[C@H]1CCCN1.C=CCOC[C@H]1CCCN1C(=O)[C@H](O)[C@@H](O)C(=O)OC.C=CCOC[C@H]1CCCN1C(=O)[C@H](OCC=C)[C@@H](O)C(=O)OC.CC(C)(C)OC(=O)N1CCC[C@@H]1CO.COC(=O)[C@@H]1OC(C)(C)O[C@H]1C(=O)O.COC(=O)[C@H](O)[C@H]1OC/C=C\COC[C@H]2CCCN2C1=O.COC(=O)[C@H](O)[C@H]1OC/C=C\COC[C@H]2CCCN2C1=O. The molecular weight excluding hydrogens is 1620 g/mol. The summed E-state index contributed by atoms with van der Waals surface area (Å²) in [6.07, 6.45) is 9.16. The average molecular weight is 1760 g/mol. The van der Waals surface area contributed by atoms with Gasteiger partial charge in [-0.2, -0.15) is 0 Å². The number of esters is 5. The van der Waals surface area contributed by atoms with E-state index in [0.29, 0.717) is 98.2 Å². The Labute approximate surface area is 719 Å². The number of carboxylic acids is 1. The molecule has 5 amide bonds. The average Bonchev–Trinajstić information content (AvgIpc) is 1.59. The molecule has 7 fully saturated rings. The van der Waals surface area contributed by atoms with Crippen LogP contribution >= 0.6 is 0 Å². The zero-order chi connectivity index (χ0) is 91.8. The highest BCUT2D eigenvalue weighted by Gasteiger charge is 2.51. The second-order valence-electron chi connectivity index (χ2n) is 30.5. The molecule has 7 saturated heterocycles. The molecule has 0 bridgehead atoms. The van der Waals surface area contributed by atoms with Crippen LogP contribution in [0.2, 0.25) is 0 Å². The van der Waals surface area contributed by atoms with E-state index in [1.807, 2.05) is 20.8 Å². The van der Waals surface area contributed by atoms with E-state index in [9.17, 15) is 78.3 Å². The monoisotopic (exact) mass is 1760 g/mol. The maximum Gasteiger partial charge on any atom is 0.410 e. The molecule has 0 spiro atoms.